The number of carbonyl (C=O) groups is 1. The van der Waals surface area contributed by atoms with Gasteiger partial charge >= 0.3 is 5.97 Å². The average molecular weight is 332 g/mol. The number of ether oxygens (including phenoxy) is 2. The van der Waals surface area contributed by atoms with E-state index in [0.717, 1.165) is 11.3 Å². The molecule has 0 saturated heterocycles. The second kappa shape index (κ2) is 6.96. The van der Waals surface area contributed by atoms with Gasteiger partial charge in [-0.1, -0.05) is 13.0 Å². The van der Waals surface area contributed by atoms with E-state index in [-0.39, 0.29) is 18.1 Å². The standard InChI is InChI=1S/C16H20N4O4/c1-3-12-9-13(21)20-16(19(12)10-14(22)24-4-2)17-15(18-20)11-5-7-23-8-6-11/h5,9H,3-4,6-8,10H2,1-2H3. The maximum absolute atomic E-state index is 12.3. The number of hydrogen-bond acceptors (Lipinski definition) is 6. The fourth-order valence-electron chi connectivity index (χ4n) is 2.70. The molecule has 1 aliphatic heterocycles. The lowest BCUT2D eigenvalue weighted by atomic mass is 10.1. The lowest BCUT2D eigenvalue weighted by molar-refractivity contribution is -0.143. The zero-order chi connectivity index (χ0) is 17.1. The van der Waals surface area contributed by atoms with Crippen LogP contribution in [0.2, 0.25) is 0 Å². The molecule has 0 bridgehead atoms. The van der Waals surface area contributed by atoms with E-state index in [1.807, 2.05) is 13.0 Å². The van der Waals surface area contributed by atoms with E-state index in [1.54, 1.807) is 11.5 Å². The van der Waals surface area contributed by atoms with Gasteiger partial charge in [-0.25, -0.2) is 0 Å². The van der Waals surface area contributed by atoms with Crippen molar-refractivity contribution in [2.75, 3.05) is 19.8 Å². The van der Waals surface area contributed by atoms with Crippen molar-refractivity contribution >= 4 is 17.3 Å². The third-order valence-electron chi connectivity index (χ3n) is 3.88. The Balaban J connectivity index is 2.11. The van der Waals surface area contributed by atoms with E-state index < -0.39 is 0 Å². The van der Waals surface area contributed by atoms with Crippen molar-refractivity contribution in [3.8, 4) is 0 Å². The number of aromatic nitrogens is 4. The van der Waals surface area contributed by atoms with Gasteiger partial charge in [0.1, 0.15) is 6.54 Å². The first kappa shape index (κ1) is 16.4. The number of hydrogen-bond donors (Lipinski definition) is 0. The van der Waals surface area contributed by atoms with E-state index in [2.05, 4.69) is 10.1 Å². The summed E-state index contributed by atoms with van der Waals surface area (Å²) >= 11 is 0. The molecule has 8 nitrogen and oxygen atoms in total. The zero-order valence-electron chi connectivity index (χ0n) is 13.8. The number of esters is 1. The first-order valence-corrected chi connectivity index (χ1v) is 8.06. The molecule has 0 radical (unpaired) electrons. The van der Waals surface area contributed by atoms with Gasteiger partial charge in [-0.05, 0) is 25.3 Å². The molecule has 3 heterocycles. The van der Waals surface area contributed by atoms with Crippen LogP contribution in [0.4, 0.5) is 0 Å². The fourth-order valence-corrected chi connectivity index (χ4v) is 2.70. The Bertz CT molecular complexity index is 850. The predicted octanol–water partition coefficient (Wildman–Crippen LogP) is 0.820. The Morgan fingerprint density at radius 1 is 1.42 bits per heavy atom. The van der Waals surface area contributed by atoms with Crippen LogP contribution in [-0.2, 0) is 27.2 Å². The molecule has 2 aromatic heterocycles. The molecular formula is C16H20N4O4. The lowest BCUT2D eigenvalue weighted by Gasteiger charge is -2.12. The van der Waals surface area contributed by atoms with Crippen molar-refractivity contribution < 1.29 is 14.3 Å². The van der Waals surface area contributed by atoms with Crippen LogP contribution in [0.1, 0.15) is 31.8 Å². The summed E-state index contributed by atoms with van der Waals surface area (Å²) in [4.78, 5) is 28.7. The summed E-state index contributed by atoms with van der Waals surface area (Å²) in [6, 6.07) is 1.49. The van der Waals surface area contributed by atoms with E-state index in [4.69, 9.17) is 9.47 Å². The van der Waals surface area contributed by atoms with Crippen LogP contribution in [-0.4, -0.2) is 45.0 Å². The molecule has 0 aromatic carbocycles. The van der Waals surface area contributed by atoms with Crippen molar-refractivity contribution in [2.24, 2.45) is 0 Å². The van der Waals surface area contributed by atoms with Crippen molar-refractivity contribution in [1.82, 2.24) is 19.2 Å². The van der Waals surface area contributed by atoms with Gasteiger partial charge in [0.15, 0.2) is 5.82 Å². The van der Waals surface area contributed by atoms with Gasteiger partial charge in [-0.2, -0.15) is 9.50 Å². The molecule has 128 valence electrons. The second-order valence-electron chi connectivity index (χ2n) is 5.42. The summed E-state index contributed by atoms with van der Waals surface area (Å²) in [5.74, 6) is 0.489. The largest absolute Gasteiger partial charge is 0.465 e. The van der Waals surface area contributed by atoms with E-state index in [9.17, 15) is 9.59 Å². The van der Waals surface area contributed by atoms with E-state index >= 15 is 0 Å². The predicted molar refractivity (Wildman–Crippen MR) is 86.7 cm³/mol. The molecule has 0 unspecified atom stereocenters. The molecule has 0 saturated carbocycles. The van der Waals surface area contributed by atoms with Gasteiger partial charge < -0.3 is 14.0 Å². The summed E-state index contributed by atoms with van der Waals surface area (Å²) in [6.45, 7) is 5.10. The molecule has 0 N–H and O–H groups in total. The Morgan fingerprint density at radius 3 is 2.92 bits per heavy atom. The maximum Gasteiger partial charge on any atom is 0.326 e. The average Bonchev–Trinajstić information content (AvgIpc) is 3.04. The quantitative estimate of drug-likeness (QED) is 0.753. The molecule has 0 fully saturated rings. The highest BCUT2D eigenvalue weighted by Crippen LogP contribution is 2.18. The van der Waals surface area contributed by atoms with Gasteiger partial charge in [-0.3, -0.25) is 9.59 Å². The fraction of sp³-hybridized carbons (Fsp3) is 0.500. The first-order chi connectivity index (χ1) is 11.6. The molecule has 3 rings (SSSR count). The minimum absolute atomic E-state index is 0.00108. The van der Waals surface area contributed by atoms with Crippen molar-refractivity contribution in [3.63, 3.8) is 0 Å². The molecular weight excluding hydrogens is 312 g/mol. The highest BCUT2D eigenvalue weighted by molar-refractivity contribution is 5.70. The van der Waals surface area contributed by atoms with Gasteiger partial charge in [0.2, 0.25) is 5.78 Å². The number of rotatable bonds is 5. The SMILES string of the molecule is CCOC(=O)Cn1c(CC)cc(=O)n2nc(C3=CCOCC3)nc12. The Morgan fingerprint density at radius 2 is 2.25 bits per heavy atom. The van der Waals surface area contributed by atoms with E-state index in [1.165, 1.54) is 10.6 Å². The maximum atomic E-state index is 12.3. The number of carbonyl (C=O) groups excluding carboxylic acids is 1. The molecule has 1 aliphatic rings. The van der Waals surface area contributed by atoms with Crippen molar-refractivity contribution in [2.45, 2.75) is 33.2 Å². The Hall–Kier alpha value is -2.48. The minimum atomic E-state index is -0.368. The number of nitrogens with zero attached hydrogens (tertiary/aromatic N) is 4. The van der Waals surface area contributed by atoms with Gasteiger partial charge in [0, 0.05) is 11.8 Å². The molecule has 0 spiro atoms. The molecule has 2 aromatic rings. The summed E-state index contributed by atoms with van der Waals surface area (Å²) in [7, 11) is 0. The molecule has 0 aliphatic carbocycles. The summed E-state index contributed by atoms with van der Waals surface area (Å²) in [6.07, 6.45) is 3.21. The first-order valence-electron chi connectivity index (χ1n) is 8.06. The van der Waals surface area contributed by atoms with Gasteiger partial charge in [-0.15, -0.1) is 5.10 Å². The summed E-state index contributed by atoms with van der Waals surface area (Å²) < 4.78 is 13.2. The Kier molecular flexibility index (Phi) is 4.75. The second-order valence-corrected chi connectivity index (χ2v) is 5.42. The molecule has 24 heavy (non-hydrogen) atoms. The van der Waals surface area contributed by atoms with Gasteiger partial charge in [0.25, 0.3) is 5.56 Å². The minimum Gasteiger partial charge on any atom is -0.465 e. The monoisotopic (exact) mass is 332 g/mol. The van der Waals surface area contributed by atoms with Crippen LogP contribution in [0.3, 0.4) is 0 Å². The van der Waals surface area contributed by atoms with Crippen LogP contribution in [0, 0.1) is 0 Å². The third-order valence-corrected chi connectivity index (χ3v) is 3.88. The van der Waals surface area contributed by atoms with Crippen LogP contribution < -0.4 is 5.56 Å². The van der Waals surface area contributed by atoms with Crippen molar-refractivity contribution in [3.05, 3.63) is 34.0 Å². The van der Waals surface area contributed by atoms with Gasteiger partial charge in [0.05, 0.1) is 19.8 Å². The number of aryl methyl sites for hydroxylation is 1. The normalized spacial score (nSPS) is 14.7. The third kappa shape index (κ3) is 3.09. The highest BCUT2D eigenvalue weighted by Gasteiger charge is 2.18. The topological polar surface area (TPSA) is 87.7 Å². The van der Waals surface area contributed by atoms with Crippen LogP contribution in [0.15, 0.2) is 16.9 Å². The Labute approximate surface area is 138 Å². The van der Waals surface area contributed by atoms with Crippen LogP contribution in [0.5, 0.6) is 0 Å². The zero-order valence-corrected chi connectivity index (χ0v) is 13.8. The molecule has 0 atom stereocenters. The summed E-state index contributed by atoms with van der Waals surface area (Å²) in [5, 5.41) is 4.32. The number of fused-ring (bicyclic) bond motifs is 1. The molecule has 0 amide bonds. The highest BCUT2D eigenvalue weighted by atomic mass is 16.5. The van der Waals surface area contributed by atoms with Crippen LogP contribution in [0.25, 0.3) is 11.4 Å². The van der Waals surface area contributed by atoms with Crippen molar-refractivity contribution in [1.29, 1.82) is 0 Å². The van der Waals surface area contributed by atoms with Crippen LogP contribution >= 0.6 is 0 Å². The summed E-state index contributed by atoms with van der Waals surface area (Å²) in [5.41, 5.74) is 1.42. The smallest absolute Gasteiger partial charge is 0.326 e. The molecule has 8 heteroatoms. The van der Waals surface area contributed by atoms with E-state index in [0.29, 0.717) is 44.3 Å². The lowest BCUT2D eigenvalue weighted by Crippen LogP contribution is -2.24.